The van der Waals surface area contributed by atoms with Gasteiger partial charge in [0.2, 0.25) is 10.0 Å². The predicted molar refractivity (Wildman–Crippen MR) is 133 cm³/mol. The van der Waals surface area contributed by atoms with Gasteiger partial charge in [0.1, 0.15) is 16.0 Å². The van der Waals surface area contributed by atoms with Gasteiger partial charge in [-0.3, -0.25) is 4.79 Å². The second-order valence-corrected chi connectivity index (χ2v) is 12.4. The number of nitrogens with zero attached hydrogens (tertiary/aromatic N) is 2. The van der Waals surface area contributed by atoms with E-state index in [1.807, 2.05) is 0 Å². The zero-order chi connectivity index (χ0) is 26.6. The second kappa shape index (κ2) is 9.34. The van der Waals surface area contributed by atoms with Crippen LogP contribution in [0.3, 0.4) is 0 Å². The average molecular weight is 587 g/mol. The summed E-state index contributed by atoms with van der Waals surface area (Å²) in [6, 6.07) is 3.53. The smallest absolute Gasteiger partial charge is 0.410 e. The van der Waals surface area contributed by atoms with E-state index in [0.717, 1.165) is 0 Å². The van der Waals surface area contributed by atoms with Gasteiger partial charge in [0.25, 0.3) is 5.91 Å². The van der Waals surface area contributed by atoms with Gasteiger partial charge < -0.3 is 24.3 Å². The van der Waals surface area contributed by atoms with Gasteiger partial charge in [-0.25, -0.2) is 22.3 Å². The van der Waals surface area contributed by atoms with Gasteiger partial charge in [-0.15, -0.1) is 0 Å². The molecule has 36 heavy (non-hydrogen) atoms. The Kier molecular flexibility index (Phi) is 6.86. The van der Waals surface area contributed by atoms with Crippen molar-refractivity contribution >= 4 is 43.6 Å². The van der Waals surface area contributed by atoms with Crippen molar-refractivity contribution in [3.8, 4) is 5.75 Å². The van der Waals surface area contributed by atoms with Crippen molar-refractivity contribution in [2.24, 2.45) is 13.0 Å². The minimum atomic E-state index is -4.14. The lowest BCUT2D eigenvalue weighted by Crippen LogP contribution is -2.44. The fourth-order valence-electron chi connectivity index (χ4n) is 4.24. The van der Waals surface area contributed by atoms with E-state index in [2.05, 4.69) is 26.0 Å². The SMILES string of the molecule is Cc1cc(NC(=O)c2c3c(c(Br)n2C)S(=O)(=O)N[C@H]2CN(C(=O)OC(C)(C)C)C[C@H]2CO3)ccc1F. The minimum absolute atomic E-state index is 0.0235. The monoisotopic (exact) mass is 586 g/mol. The molecule has 2 atom stereocenters. The molecule has 1 saturated heterocycles. The zero-order valence-electron chi connectivity index (χ0n) is 20.5. The first kappa shape index (κ1) is 26.4. The molecule has 2 aliphatic rings. The molecular weight excluding hydrogens is 559 g/mol. The van der Waals surface area contributed by atoms with E-state index in [1.54, 1.807) is 27.7 Å². The average Bonchev–Trinajstić information content (AvgIpc) is 3.25. The van der Waals surface area contributed by atoms with Crippen molar-refractivity contribution in [3.63, 3.8) is 0 Å². The third kappa shape index (κ3) is 5.09. The highest BCUT2D eigenvalue weighted by molar-refractivity contribution is 9.10. The molecule has 0 bridgehead atoms. The molecule has 13 heteroatoms. The number of anilines is 1. The molecule has 0 saturated carbocycles. The summed E-state index contributed by atoms with van der Waals surface area (Å²) in [4.78, 5) is 27.0. The Hall–Kier alpha value is -2.64. The Balaban J connectivity index is 1.64. The molecule has 2 N–H and O–H groups in total. The van der Waals surface area contributed by atoms with Crippen molar-refractivity contribution in [1.29, 1.82) is 0 Å². The number of carbonyl (C=O) groups excluding carboxylic acids is 2. The van der Waals surface area contributed by atoms with Gasteiger partial charge in [0.15, 0.2) is 16.3 Å². The highest BCUT2D eigenvalue weighted by atomic mass is 79.9. The molecule has 1 aromatic heterocycles. The van der Waals surface area contributed by atoms with Gasteiger partial charge in [-0.05, 0) is 67.4 Å². The number of aryl methyl sites for hydroxylation is 1. The normalized spacial score (nSPS) is 21.0. The van der Waals surface area contributed by atoms with Crippen LogP contribution in [0.25, 0.3) is 0 Å². The highest BCUT2D eigenvalue weighted by Gasteiger charge is 2.44. The summed E-state index contributed by atoms with van der Waals surface area (Å²) in [6.07, 6.45) is -0.539. The number of benzene rings is 1. The molecule has 4 rings (SSSR count). The van der Waals surface area contributed by atoms with Crippen molar-refractivity contribution in [1.82, 2.24) is 14.2 Å². The number of sulfonamides is 1. The van der Waals surface area contributed by atoms with E-state index < -0.39 is 39.5 Å². The Morgan fingerprint density at radius 2 is 1.97 bits per heavy atom. The van der Waals surface area contributed by atoms with Crippen LogP contribution in [-0.4, -0.2) is 61.2 Å². The van der Waals surface area contributed by atoms with Gasteiger partial charge in [-0.1, -0.05) is 0 Å². The Labute approximate surface area is 217 Å². The quantitative estimate of drug-likeness (QED) is 0.556. The first-order chi connectivity index (χ1) is 16.7. The van der Waals surface area contributed by atoms with E-state index in [0.29, 0.717) is 11.3 Å². The summed E-state index contributed by atoms with van der Waals surface area (Å²) in [5.41, 5.74) is -0.0199. The highest BCUT2D eigenvalue weighted by Crippen LogP contribution is 2.40. The number of halogens is 2. The summed E-state index contributed by atoms with van der Waals surface area (Å²) in [5, 5.41) is 2.67. The third-order valence-electron chi connectivity index (χ3n) is 5.98. The molecule has 0 aliphatic carbocycles. The topological polar surface area (TPSA) is 119 Å². The summed E-state index contributed by atoms with van der Waals surface area (Å²) >= 11 is 3.29. The van der Waals surface area contributed by atoms with E-state index in [1.165, 1.54) is 34.7 Å². The maximum atomic E-state index is 13.6. The molecule has 0 radical (unpaired) electrons. The second-order valence-electron chi connectivity index (χ2n) is 9.96. The lowest BCUT2D eigenvalue weighted by atomic mass is 10.1. The fraction of sp³-hybridized carbons (Fsp3) is 0.478. The first-order valence-electron chi connectivity index (χ1n) is 11.3. The standard InChI is InChI=1S/C23H28BrFN4O6S/c1-12-8-14(6-7-15(12)25)26-21(30)17-18-19(20(24)28(17)5)36(32,33)27-16-10-29(9-13(16)11-34-18)22(31)35-23(2,3)4/h6-8,13,16,27H,9-11H2,1-5H3,(H,26,30)/t13-,16-/m0/s1. The number of likely N-dealkylation sites (tertiary alicyclic amines) is 1. The summed E-state index contributed by atoms with van der Waals surface area (Å²) in [5.74, 6) is -1.51. The van der Waals surface area contributed by atoms with E-state index in [-0.39, 0.29) is 46.6 Å². The molecule has 1 aromatic carbocycles. The summed E-state index contributed by atoms with van der Waals surface area (Å²) in [7, 11) is -2.61. The third-order valence-corrected chi connectivity index (χ3v) is 8.70. The Morgan fingerprint density at radius 1 is 1.28 bits per heavy atom. The van der Waals surface area contributed by atoms with Gasteiger partial charge in [0.05, 0.1) is 6.61 Å². The number of fused-ring (bicyclic) bond motifs is 2. The van der Waals surface area contributed by atoms with Crippen molar-refractivity contribution in [2.45, 2.75) is 44.2 Å². The van der Waals surface area contributed by atoms with E-state index >= 15 is 0 Å². The molecule has 3 heterocycles. The first-order valence-corrected chi connectivity index (χ1v) is 13.5. The zero-order valence-corrected chi connectivity index (χ0v) is 22.9. The summed E-state index contributed by atoms with van der Waals surface area (Å²) in [6.45, 7) is 7.24. The lowest BCUT2D eigenvalue weighted by Gasteiger charge is -2.24. The van der Waals surface area contributed by atoms with Gasteiger partial charge >= 0.3 is 6.09 Å². The van der Waals surface area contributed by atoms with Gasteiger partial charge in [-0.2, -0.15) is 0 Å². The predicted octanol–water partition coefficient (Wildman–Crippen LogP) is 3.39. The molecule has 2 aliphatic heterocycles. The van der Waals surface area contributed by atoms with Crippen molar-refractivity contribution in [2.75, 3.05) is 25.0 Å². The van der Waals surface area contributed by atoms with Crippen LogP contribution in [0.1, 0.15) is 36.8 Å². The number of rotatable bonds is 2. The number of ether oxygens (including phenoxy) is 2. The molecule has 10 nitrogen and oxygen atoms in total. The van der Waals surface area contributed by atoms with Crippen LogP contribution in [0.5, 0.6) is 5.75 Å². The van der Waals surface area contributed by atoms with Crippen molar-refractivity contribution < 1.29 is 31.9 Å². The number of aromatic nitrogens is 1. The molecular formula is C23H28BrFN4O6S. The Bertz CT molecular complexity index is 1340. The molecule has 0 unspecified atom stereocenters. The minimum Gasteiger partial charge on any atom is -0.489 e. The largest absolute Gasteiger partial charge is 0.489 e. The van der Waals surface area contributed by atoms with Crippen LogP contribution < -0.4 is 14.8 Å². The molecule has 2 aromatic rings. The van der Waals surface area contributed by atoms with Crippen LogP contribution in [-0.2, 0) is 21.8 Å². The van der Waals surface area contributed by atoms with Crippen LogP contribution in [0.2, 0.25) is 0 Å². The lowest BCUT2D eigenvalue weighted by molar-refractivity contribution is 0.0283. The van der Waals surface area contributed by atoms with E-state index in [4.69, 9.17) is 9.47 Å². The van der Waals surface area contributed by atoms with Crippen LogP contribution >= 0.6 is 15.9 Å². The molecule has 1 fully saturated rings. The number of hydrogen-bond acceptors (Lipinski definition) is 6. The van der Waals surface area contributed by atoms with Crippen LogP contribution in [0, 0.1) is 18.7 Å². The van der Waals surface area contributed by atoms with Crippen molar-refractivity contribution in [3.05, 3.63) is 39.9 Å². The maximum Gasteiger partial charge on any atom is 0.410 e. The Morgan fingerprint density at radius 3 is 2.61 bits per heavy atom. The fourth-order valence-corrected chi connectivity index (χ4v) is 6.78. The number of nitrogens with one attached hydrogen (secondary N) is 2. The maximum absolute atomic E-state index is 13.6. The molecule has 0 spiro atoms. The summed E-state index contributed by atoms with van der Waals surface area (Å²) < 4.78 is 56.0. The molecule has 2 amide bonds. The number of carbonyl (C=O) groups is 2. The van der Waals surface area contributed by atoms with E-state index in [9.17, 15) is 22.4 Å². The van der Waals surface area contributed by atoms with Crippen LogP contribution in [0.15, 0.2) is 27.7 Å². The van der Waals surface area contributed by atoms with Crippen LogP contribution in [0.4, 0.5) is 14.9 Å². The number of hydrogen-bond donors (Lipinski definition) is 2. The molecule has 196 valence electrons. The number of amides is 2. The van der Waals surface area contributed by atoms with Gasteiger partial charge in [0, 0.05) is 37.8 Å².